The lowest BCUT2D eigenvalue weighted by molar-refractivity contribution is -0.187. The molecule has 114 valence electrons. The number of aromatic nitrogens is 2. The van der Waals surface area contributed by atoms with Gasteiger partial charge in [-0.1, -0.05) is 0 Å². The summed E-state index contributed by atoms with van der Waals surface area (Å²) in [6, 6.07) is 0. The first-order chi connectivity index (χ1) is 9.71. The van der Waals surface area contributed by atoms with Gasteiger partial charge in [0.1, 0.15) is 0 Å². The lowest BCUT2D eigenvalue weighted by Crippen LogP contribution is -2.34. The molecule has 1 aliphatic rings. The Balaban J connectivity index is 2.25. The minimum atomic E-state index is -4.70. The number of nitrogen functional groups attached to an aromatic ring is 1. The number of carbonyl (C=O) groups is 2. The highest BCUT2D eigenvalue weighted by Crippen LogP contribution is 2.38. The predicted octanol–water partition coefficient (Wildman–Crippen LogP) is 0.394. The largest absolute Gasteiger partial charge is 0.481 e. The first-order valence-corrected chi connectivity index (χ1v) is 5.87. The van der Waals surface area contributed by atoms with Crippen molar-refractivity contribution in [2.24, 2.45) is 11.8 Å². The fraction of sp³-hybridized carbons (Fsp3) is 0.455. The molecule has 2 atom stereocenters. The fourth-order valence-corrected chi connectivity index (χ4v) is 2.21. The van der Waals surface area contributed by atoms with Crippen molar-refractivity contribution in [1.82, 2.24) is 14.9 Å². The highest BCUT2D eigenvalue weighted by Gasteiger charge is 2.53. The number of hydrogen-bond donors (Lipinski definition) is 2. The van der Waals surface area contributed by atoms with E-state index in [1.807, 2.05) is 0 Å². The number of likely N-dealkylation sites (tertiary alicyclic amines) is 1. The van der Waals surface area contributed by atoms with Gasteiger partial charge in [0.25, 0.3) is 5.91 Å². The van der Waals surface area contributed by atoms with E-state index in [2.05, 4.69) is 9.97 Å². The second-order valence-electron chi connectivity index (χ2n) is 4.59. The van der Waals surface area contributed by atoms with E-state index in [4.69, 9.17) is 10.8 Å². The van der Waals surface area contributed by atoms with Gasteiger partial charge in [-0.25, -0.2) is 9.97 Å². The second kappa shape index (κ2) is 5.19. The maximum atomic E-state index is 12.8. The smallest absolute Gasteiger partial charge is 0.394 e. The Labute approximate surface area is 116 Å². The molecule has 1 aliphatic heterocycles. The van der Waals surface area contributed by atoms with Crippen LogP contribution in [0.2, 0.25) is 0 Å². The summed E-state index contributed by atoms with van der Waals surface area (Å²) in [7, 11) is 0. The summed E-state index contributed by atoms with van der Waals surface area (Å²) in [4.78, 5) is 31.1. The molecule has 0 aromatic carbocycles. The molecule has 0 spiro atoms. The Morgan fingerprint density at radius 3 is 2.38 bits per heavy atom. The molecule has 0 saturated carbocycles. The topological polar surface area (TPSA) is 109 Å². The molecule has 1 aromatic heterocycles. The van der Waals surface area contributed by atoms with Crippen LogP contribution in [0.1, 0.15) is 10.5 Å². The number of hydrogen-bond acceptors (Lipinski definition) is 5. The lowest BCUT2D eigenvalue weighted by atomic mass is 9.96. The minimum Gasteiger partial charge on any atom is -0.481 e. The average Bonchev–Trinajstić information content (AvgIpc) is 2.83. The van der Waals surface area contributed by atoms with Crippen LogP contribution in [0.3, 0.4) is 0 Å². The molecular formula is C11H11F3N4O3. The fourth-order valence-electron chi connectivity index (χ4n) is 2.21. The number of amides is 1. The summed E-state index contributed by atoms with van der Waals surface area (Å²) in [5, 5.41) is 8.88. The number of halogens is 3. The number of anilines is 1. The van der Waals surface area contributed by atoms with Crippen molar-refractivity contribution in [2.45, 2.75) is 6.18 Å². The van der Waals surface area contributed by atoms with Crippen molar-refractivity contribution >= 4 is 17.7 Å². The van der Waals surface area contributed by atoms with Gasteiger partial charge in [-0.15, -0.1) is 0 Å². The number of carboxylic acid groups (broad SMARTS) is 1. The van der Waals surface area contributed by atoms with E-state index in [9.17, 15) is 22.8 Å². The van der Waals surface area contributed by atoms with Gasteiger partial charge in [-0.3, -0.25) is 9.59 Å². The highest BCUT2D eigenvalue weighted by molar-refractivity contribution is 5.96. The minimum absolute atomic E-state index is 0.218. The van der Waals surface area contributed by atoms with E-state index >= 15 is 0 Å². The van der Waals surface area contributed by atoms with Crippen LogP contribution in [0.15, 0.2) is 12.4 Å². The third kappa shape index (κ3) is 2.88. The molecule has 0 aliphatic carbocycles. The van der Waals surface area contributed by atoms with Crippen molar-refractivity contribution in [1.29, 1.82) is 0 Å². The van der Waals surface area contributed by atoms with Crippen molar-refractivity contribution in [3.63, 3.8) is 0 Å². The summed E-state index contributed by atoms with van der Waals surface area (Å²) < 4.78 is 38.5. The maximum absolute atomic E-state index is 12.8. The summed E-state index contributed by atoms with van der Waals surface area (Å²) >= 11 is 0. The first kappa shape index (κ1) is 15.0. The van der Waals surface area contributed by atoms with Crippen molar-refractivity contribution in [3.8, 4) is 0 Å². The Bertz CT molecular complexity index is 578. The Kier molecular flexibility index (Phi) is 3.71. The zero-order valence-electron chi connectivity index (χ0n) is 10.5. The molecule has 3 N–H and O–H groups in total. The highest BCUT2D eigenvalue weighted by atomic mass is 19.4. The van der Waals surface area contributed by atoms with Crippen LogP contribution in [0, 0.1) is 11.8 Å². The molecule has 0 bridgehead atoms. The van der Waals surface area contributed by atoms with Gasteiger partial charge < -0.3 is 15.7 Å². The average molecular weight is 304 g/mol. The van der Waals surface area contributed by atoms with E-state index in [1.165, 1.54) is 12.4 Å². The number of carboxylic acids is 1. The molecule has 1 amide bonds. The van der Waals surface area contributed by atoms with E-state index in [-0.39, 0.29) is 11.5 Å². The summed E-state index contributed by atoms with van der Waals surface area (Å²) in [6.45, 7) is -1.29. The van der Waals surface area contributed by atoms with Gasteiger partial charge >= 0.3 is 12.1 Å². The lowest BCUT2D eigenvalue weighted by Gasteiger charge is -2.18. The Morgan fingerprint density at radius 1 is 1.29 bits per heavy atom. The van der Waals surface area contributed by atoms with Gasteiger partial charge in [0.15, 0.2) is 11.5 Å². The van der Waals surface area contributed by atoms with Crippen molar-refractivity contribution in [3.05, 3.63) is 18.1 Å². The predicted molar refractivity (Wildman–Crippen MR) is 63.0 cm³/mol. The van der Waals surface area contributed by atoms with Crippen LogP contribution in [0.5, 0.6) is 0 Å². The summed E-state index contributed by atoms with van der Waals surface area (Å²) in [5.41, 5.74) is 5.16. The zero-order chi connectivity index (χ0) is 15.8. The van der Waals surface area contributed by atoms with Crippen LogP contribution in [0.25, 0.3) is 0 Å². The zero-order valence-corrected chi connectivity index (χ0v) is 10.5. The van der Waals surface area contributed by atoms with Gasteiger partial charge in [-0.2, -0.15) is 13.2 Å². The number of aliphatic carboxylic acids is 1. The molecule has 1 saturated heterocycles. The quantitative estimate of drug-likeness (QED) is 0.818. The molecule has 1 fully saturated rings. The molecule has 0 radical (unpaired) electrons. The number of nitrogens with two attached hydrogens (primary N) is 1. The Hall–Kier alpha value is -2.39. The van der Waals surface area contributed by atoms with Gasteiger partial charge in [0, 0.05) is 25.5 Å². The second-order valence-corrected chi connectivity index (χ2v) is 4.59. The molecule has 7 nitrogen and oxygen atoms in total. The third-order valence-electron chi connectivity index (χ3n) is 3.27. The maximum Gasteiger partial charge on any atom is 0.394 e. The molecular weight excluding hydrogens is 293 g/mol. The van der Waals surface area contributed by atoms with E-state index < -0.39 is 43.0 Å². The van der Waals surface area contributed by atoms with Crippen LogP contribution in [-0.2, 0) is 4.79 Å². The van der Waals surface area contributed by atoms with Gasteiger partial charge in [0.05, 0.1) is 11.8 Å². The molecule has 21 heavy (non-hydrogen) atoms. The standard InChI is InChI=1S/C11H11F3N4O3/c12-11(13,14)6-4-18(3-5(6)10(20)21)9(19)7-8(15)17-2-1-16-7/h1-2,5-6H,3-4H2,(H2,15,17)(H,20,21)/t5-,6-/m1/s1. The van der Waals surface area contributed by atoms with Gasteiger partial charge in [-0.05, 0) is 0 Å². The monoisotopic (exact) mass is 304 g/mol. The number of carbonyl (C=O) groups excluding carboxylic acids is 1. The molecule has 10 heteroatoms. The molecule has 0 unspecified atom stereocenters. The van der Waals surface area contributed by atoms with Crippen LogP contribution < -0.4 is 5.73 Å². The number of nitrogens with zero attached hydrogens (tertiary/aromatic N) is 3. The van der Waals surface area contributed by atoms with Crippen LogP contribution in [-0.4, -0.2) is 51.1 Å². The van der Waals surface area contributed by atoms with Crippen molar-refractivity contribution < 1.29 is 27.9 Å². The first-order valence-electron chi connectivity index (χ1n) is 5.87. The molecule has 1 aromatic rings. The van der Waals surface area contributed by atoms with E-state index in [0.29, 0.717) is 0 Å². The molecule has 2 heterocycles. The van der Waals surface area contributed by atoms with Gasteiger partial charge in [0.2, 0.25) is 0 Å². The molecule has 2 rings (SSSR count). The summed E-state index contributed by atoms with van der Waals surface area (Å²) in [6.07, 6.45) is -2.30. The van der Waals surface area contributed by atoms with E-state index in [1.54, 1.807) is 0 Å². The Morgan fingerprint density at radius 2 is 1.90 bits per heavy atom. The van der Waals surface area contributed by atoms with Crippen molar-refractivity contribution in [2.75, 3.05) is 18.8 Å². The third-order valence-corrected chi connectivity index (χ3v) is 3.27. The van der Waals surface area contributed by atoms with Crippen LogP contribution >= 0.6 is 0 Å². The number of rotatable bonds is 2. The SMILES string of the molecule is Nc1nccnc1C(=O)N1C[C@@H](C(F)(F)F)[C@H](C(=O)O)C1. The normalized spacial score (nSPS) is 22.3. The van der Waals surface area contributed by atoms with E-state index in [0.717, 1.165) is 4.90 Å². The summed E-state index contributed by atoms with van der Waals surface area (Å²) in [5.74, 6) is -6.49. The number of alkyl halides is 3. The van der Waals surface area contributed by atoms with Crippen LogP contribution in [0.4, 0.5) is 19.0 Å².